The van der Waals surface area contributed by atoms with Crippen molar-refractivity contribution in [3.63, 3.8) is 0 Å². The van der Waals surface area contributed by atoms with E-state index in [0.717, 1.165) is 54.9 Å². The first-order chi connectivity index (χ1) is 18.5. The van der Waals surface area contributed by atoms with E-state index in [1.54, 1.807) is 29.9 Å². The summed E-state index contributed by atoms with van der Waals surface area (Å²) >= 11 is 1.45. The van der Waals surface area contributed by atoms with Gasteiger partial charge in [0.05, 0.1) is 42.3 Å². The molecule has 3 amide bonds. The van der Waals surface area contributed by atoms with Crippen molar-refractivity contribution in [1.29, 1.82) is 0 Å². The molecule has 0 atom stereocenters. The van der Waals surface area contributed by atoms with Crippen LogP contribution in [0, 0.1) is 0 Å². The molecule has 0 aliphatic carbocycles. The van der Waals surface area contributed by atoms with Gasteiger partial charge in [0.25, 0.3) is 5.91 Å². The second kappa shape index (κ2) is 14.0. The molecule has 208 valence electrons. The van der Waals surface area contributed by atoms with Gasteiger partial charge in [-0.3, -0.25) is 14.6 Å². The number of methoxy groups -OCH3 is 1. The van der Waals surface area contributed by atoms with Gasteiger partial charge in [0.15, 0.2) is 0 Å². The summed E-state index contributed by atoms with van der Waals surface area (Å²) in [5.41, 5.74) is 4.98. The van der Waals surface area contributed by atoms with Crippen LogP contribution in [0.2, 0.25) is 0 Å². The van der Waals surface area contributed by atoms with Gasteiger partial charge in [-0.2, -0.15) is 0 Å². The normalized spacial score (nSPS) is 14.3. The number of thiazole rings is 1. The number of hydrogen-bond acceptors (Lipinski definition) is 7. The fourth-order valence-electron chi connectivity index (χ4n) is 4.32. The third kappa shape index (κ3) is 6.93. The van der Waals surface area contributed by atoms with E-state index >= 15 is 0 Å². The maximum absolute atomic E-state index is 13.4. The number of esters is 1. The molecule has 1 saturated heterocycles. The molecule has 1 aliphatic rings. The van der Waals surface area contributed by atoms with E-state index in [1.807, 2.05) is 24.4 Å². The number of rotatable bonds is 12. The Morgan fingerprint density at radius 2 is 1.77 bits per heavy atom. The summed E-state index contributed by atoms with van der Waals surface area (Å²) in [5.74, 6) is 0.218. The Morgan fingerprint density at radius 3 is 2.41 bits per heavy atom. The van der Waals surface area contributed by atoms with Crippen LogP contribution >= 0.6 is 23.7 Å². The van der Waals surface area contributed by atoms with E-state index in [2.05, 4.69) is 21.5 Å². The number of imide groups is 1. The molecule has 0 unspecified atom stereocenters. The lowest BCUT2D eigenvalue weighted by Gasteiger charge is -2.16. The number of benzene rings is 1. The van der Waals surface area contributed by atoms with Crippen LogP contribution in [-0.2, 0) is 29.0 Å². The van der Waals surface area contributed by atoms with Crippen LogP contribution in [-0.4, -0.2) is 55.9 Å². The summed E-state index contributed by atoms with van der Waals surface area (Å²) < 4.78 is 6.88. The predicted octanol–water partition coefficient (Wildman–Crippen LogP) is 5.54. The molecule has 4 rings (SSSR count). The lowest BCUT2D eigenvalue weighted by atomic mass is 10.1. The molecule has 1 aliphatic heterocycles. The first-order valence-electron chi connectivity index (χ1n) is 12.9. The topological polar surface area (TPSA) is 97.6 Å². The number of imidazole rings is 1. The maximum Gasteiger partial charge on any atom is 0.337 e. The molecule has 0 spiro atoms. The summed E-state index contributed by atoms with van der Waals surface area (Å²) in [5, 5.41) is 1.88. The number of carbonyl (C=O) groups excluding carboxylic acids is 3. The van der Waals surface area contributed by atoms with Gasteiger partial charge in [0.1, 0.15) is 11.5 Å². The number of amides is 3. The van der Waals surface area contributed by atoms with Crippen LogP contribution < -0.4 is 0 Å². The number of aromatic nitrogens is 3. The summed E-state index contributed by atoms with van der Waals surface area (Å²) in [6, 6.07) is 6.93. The van der Waals surface area contributed by atoms with E-state index in [-0.39, 0.29) is 36.9 Å². The lowest BCUT2D eigenvalue weighted by molar-refractivity contribution is -0.123. The largest absolute Gasteiger partial charge is 0.465 e. The monoisotopic (exact) mass is 571 g/mol. The highest BCUT2D eigenvalue weighted by molar-refractivity contribution is 7.07. The smallest absolute Gasteiger partial charge is 0.337 e. The molecule has 0 saturated carbocycles. The molecule has 1 aromatic carbocycles. The highest BCUT2D eigenvalue weighted by Gasteiger charge is 2.41. The number of ether oxygens (including phenoxy) is 1. The fraction of sp³-hybridized carbons (Fsp3) is 0.393. The van der Waals surface area contributed by atoms with Crippen molar-refractivity contribution in [2.45, 2.75) is 59.0 Å². The quantitative estimate of drug-likeness (QED) is 0.161. The Balaban J connectivity index is 0.00000420. The molecule has 9 nitrogen and oxygen atoms in total. The van der Waals surface area contributed by atoms with Crippen LogP contribution in [0.25, 0.3) is 6.08 Å². The van der Waals surface area contributed by atoms with Crippen molar-refractivity contribution in [2.75, 3.05) is 13.7 Å². The molecule has 0 N–H and O–H groups in total. The Hall–Kier alpha value is -3.50. The minimum Gasteiger partial charge on any atom is -0.465 e. The highest BCUT2D eigenvalue weighted by Crippen LogP contribution is 2.27. The Labute approximate surface area is 238 Å². The van der Waals surface area contributed by atoms with Crippen molar-refractivity contribution >= 4 is 47.7 Å². The van der Waals surface area contributed by atoms with Crippen LogP contribution in [0.1, 0.15) is 72.7 Å². The Morgan fingerprint density at radius 1 is 1.03 bits per heavy atom. The van der Waals surface area contributed by atoms with Gasteiger partial charge in [0.2, 0.25) is 0 Å². The SMILES string of the molecule is CCCCc1ncc(/C=C2/C(=O)N(CCCC)C(=O)N2Cc2cscn2)n1Cc1ccc(C(=O)OC)cc1.Cl. The number of nitrogens with zero attached hydrogens (tertiary/aromatic N) is 5. The number of urea groups is 1. The maximum atomic E-state index is 13.4. The summed E-state index contributed by atoms with van der Waals surface area (Å²) in [6.07, 6.45) is 7.95. The minimum absolute atomic E-state index is 0. The summed E-state index contributed by atoms with van der Waals surface area (Å²) in [6.45, 7) is 5.28. The predicted molar refractivity (Wildman–Crippen MR) is 153 cm³/mol. The van der Waals surface area contributed by atoms with E-state index in [0.29, 0.717) is 24.4 Å². The standard InChI is InChI=1S/C28H33N5O4S.ClH/c1-4-6-8-25-29-15-23(32(25)16-20-9-11-21(12-10-20)27(35)37-3)14-24-26(34)31(13-7-5-2)28(36)33(24)17-22-18-38-19-30-22;/h9-12,14-15,18-19H,4-8,13,16-17H2,1-3H3;1H/b24-14-;. The molecular formula is C28H34ClN5O4S. The number of carbonyl (C=O) groups is 3. The zero-order valence-corrected chi connectivity index (χ0v) is 24.1. The number of aryl methyl sites for hydroxylation is 1. The van der Waals surface area contributed by atoms with Crippen LogP contribution in [0.15, 0.2) is 47.0 Å². The van der Waals surface area contributed by atoms with Gasteiger partial charge < -0.3 is 9.30 Å². The van der Waals surface area contributed by atoms with Gasteiger partial charge in [-0.25, -0.2) is 19.6 Å². The average molecular weight is 572 g/mol. The molecule has 3 heterocycles. The van der Waals surface area contributed by atoms with Crippen LogP contribution in [0.5, 0.6) is 0 Å². The Bertz CT molecular complexity index is 1300. The van der Waals surface area contributed by atoms with Crippen molar-refractivity contribution in [2.24, 2.45) is 0 Å². The van der Waals surface area contributed by atoms with Gasteiger partial charge in [0, 0.05) is 24.9 Å². The Kier molecular flexibility index (Phi) is 10.8. The summed E-state index contributed by atoms with van der Waals surface area (Å²) in [7, 11) is 1.36. The zero-order valence-electron chi connectivity index (χ0n) is 22.5. The molecule has 0 bridgehead atoms. The van der Waals surface area contributed by atoms with Gasteiger partial charge in [-0.05, 0) is 36.6 Å². The molecule has 0 radical (unpaired) electrons. The first-order valence-corrected chi connectivity index (χ1v) is 13.8. The molecule has 1 fully saturated rings. The number of hydrogen-bond donors (Lipinski definition) is 0. The number of unbranched alkanes of at least 4 members (excludes halogenated alkanes) is 2. The fourth-order valence-corrected chi connectivity index (χ4v) is 4.87. The third-order valence-electron chi connectivity index (χ3n) is 6.48. The van der Waals surface area contributed by atoms with Crippen LogP contribution in [0.3, 0.4) is 0 Å². The molecular weight excluding hydrogens is 538 g/mol. The molecule has 39 heavy (non-hydrogen) atoms. The van der Waals surface area contributed by atoms with E-state index in [1.165, 1.54) is 28.2 Å². The van der Waals surface area contributed by atoms with Gasteiger partial charge in [-0.1, -0.05) is 38.8 Å². The minimum atomic E-state index is -0.384. The van der Waals surface area contributed by atoms with Crippen molar-refractivity contribution in [1.82, 2.24) is 24.3 Å². The summed E-state index contributed by atoms with van der Waals surface area (Å²) in [4.78, 5) is 50.4. The van der Waals surface area contributed by atoms with Crippen LogP contribution in [0.4, 0.5) is 4.79 Å². The molecule has 2 aromatic heterocycles. The van der Waals surface area contributed by atoms with Gasteiger partial charge >= 0.3 is 12.0 Å². The second-order valence-corrected chi connectivity index (χ2v) is 9.88. The second-order valence-electron chi connectivity index (χ2n) is 9.17. The van der Waals surface area contributed by atoms with Crippen molar-refractivity contribution < 1.29 is 19.1 Å². The van der Waals surface area contributed by atoms with E-state index in [9.17, 15) is 14.4 Å². The highest BCUT2D eigenvalue weighted by atomic mass is 35.5. The van der Waals surface area contributed by atoms with Gasteiger partial charge in [-0.15, -0.1) is 23.7 Å². The average Bonchev–Trinajstić information content (AvgIpc) is 3.63. The lowest BCUT2D eigenvalue weighted by Crippen LogP contribution is -2.33. The molecule has 11 heteroatoms. The molecule has 3 aromatic rings. The first kappa shape index (κ1) is 30.0. The van der Waals surface area contributed by atoms with Crippen molar-refractivity contribution in [3.8, 4) is 0 Å². The number of halogens is 1. The van der Waals surface area contributed by atoms with E-state index < -0.39 is 0 Å². The zero-order chi connectivity index (χ0) is 27.1. The van der Waals surface area contributed by atoms with Crippen molar-refractivity contribution in [3.05, 3.63) is 75.4 Å². The van der Waals surface area contributed by atoms with E-state index in [4.69, 9.17) is 4.74 Å². The third-order valence-corrected chi connectivity index (χ3v) is 7.11.